The summed E-state index contributed by atoms with van der Waals surface area (Å²) in [5, 5.41) is 29.8. The molecule has 118 valence electrons. The highest BCUT2D eigenvalue weighted by Gasteiger charge is 2.47. The van der Waals surface area contributed by atoms with Gasteiger partial charge in [-0.1, -0.05) is 37.3 Å². The Hall–Kier alpha value is -0.980. The maximum atomic E-state index is 10.4. The van der Waals surface area contributed by atoms with Crippen LogP contribution in [0.1, 0.15) is 25.3 Å². The summed E-state index contributed by atoms with van der Waals surface area (Å²) in [6, 6.07) is 9.76. The van der Waals surface area contributed by atoms with Crippen LogP contribution >= 0.6 is 0 Å². The van der Waals surface area contributed by atoms with Crippen LogP contribution in [-0.2, 0) is 9.47 Å². The Kier molecular flexibility index (Phi) is 5.72. The molecule has 0 aromatic heterocycles. The van der Waals surface area contributed by atoms with Crippen LogP contribution in [0.25, 0.3) is 0 Å². The van der Waals surface area contributed by atoms with Gasteiger partial charge in [0.05, 0.1) is 12.7 Å². The lowest BCUT2D eigenvalue weighted by Crippen LogP contribution is -2.57. The lowest BCUT2D eigenvalue weighted by Gasteiger charge is -2.44. The Labute approximate surface area is 125 Å². The molecule has 21 heavy (non-hydrogen) atoms. The molecule has 1 aliphatic rings. The van der Waals surface area contributed by atoms with Crippen molar-refractivity contribution in [3.63, 3.8) is 0 Å². The highest BCUT2D eigenvalue weighted by Crippen LogP contribution is 2.37. The molecule has 0 amide bonds. The van der Waals surface area contributed by atoms with Crippen LogP contribution in [-0.4, -0.2) is 53.1 Å². The Morgan fingerprint density at radius 2 is 1.86 bits per heavy atom. The van der Waals surface area contributed by atoms with Gasteiger partial charge in [-0.3, -0.25) is 0 Å². The van der Waals surface area contributed by atoms with E-state index in [4.69, 9.17) is 9.47 Å². The summed E-state index contributed by atoms with van der Waals surface area (Å²) < 4.78 is 11.2. The minimum Gasteiger partial charge on any atom is -0.394 e. The van der Waals surface area contributed by atoms with E-state index in [9.17, 15) is 15.3 Å². The zero-order valence-electron chi connectivity index (χ0n) is 12.4. The van der Waals surface area contributed by atoms with Crippen LogP contribution in [0.3, 0.4) is 0 Å². The number of rotatable bonds is 5. The van der Waals surface area contributed by atoms with Crippen LogP contribution in [0.2, 0.25) is 0 Å². The van der Waals surface area contributed by atoms with Crippen molar-refractivity contribution < 1.29 is 24.8 Å². The maximum Gasteiger partial charge on any atom is 0.164 e. The van der Waals surface area contributed by atoms with Gasteiger partial charge in [-0.05, 0) is 18.4 Å². The third-order valence-corrected chi connectivity index (χ3v) is 4.16. The molecule has 5 heteroatoms. The average Bonchev–Trinajstić information content (AvgIpc) is 2.51. The summed E-state index contributed by atoms with van der Waals surface area (Å²) in [6.07, 6.45) is -3.61. The Bertz CT molecular complexity index is 424. The second-order valence-corrected chi connectivity index (χ2v) is 5.44. The normalized spacial score (nSPS) is 34.6. The van der Waals surface area contributed by atoms with Gasteiger partial charge < -0.3 is 24.8 Å². The fourth-order valence-electron chi connectivity index (χ4n) is 2.93. The predicted molar refractivity (Wildman–Crippen MR) is 77.7 cm³/mol. The number of hydrogen-bond acceptors (Lipinski definition) is 5. The zero-order valence-corrected chi connectivity index (χ0v) is 12.4. The highest BCUT2D eigenvalue weighted by molar-refractivity contribution is 5.20. The Morgan fingerprint density at radius 1 is 1.19 bits per heavy atom. The molecular weight excluding hydrogens is 272 g/mol. The number of hydrogen-bond donors (Lipinski definition) is 3. The van der Waals surface area contributed by atoms with Crippen LogP contribution in [0, 0.1) is 5.92 Å². The van der Waals surface area contributed by atoms with Crippen molar-refractivity contribution in [2.45, 2.75) is 44.4 Å². The lowest BCUT2D eigenvalue weighted by atomic mass is 9.79. The monoisotopic (exact) mass is 296 g/mol. The van der Waals surface area contributed by atoms with E-state index in [0.717, 1.165) is 5.56 Å². The first kappa shape index (κ1) is 16.4. The van der Waals surface area contributed by atoms with E-state index < -0.39 is 30.5 Å². The number of aliphatic hydroxyl groups is 3. The molecule has 0 radical (unpaired) electrons. The molecule has 0 spiro atoms. The Balaban J connectivity index is 2.24. The second-order valence-electron chi connectivity index (χ2n) is 5.44. The van der Waals surface area contributed by atoms with E-state index in [0.29, 0.717) is 6.61 Å². The van der Waals surface area contributed by atoms with Gasteiger partial charge in [-0.15, -0.1) is 0 Å². The van der Waals surface area contributed by atoms with Gasteiger partial charge in [0.15, 0.2) is 6.29 Å². The SMILES string of the molecule is CCO[C@H]1O[C@H](CO)[C@@H](O)[C@@H](O)[C@@H]1[C@H](C)c1ccccc1. The third kappa shape index (κ3) is 3.44. The molecule has 1 aromatic rings. The molecular formula is C16H24O5. The molecule has 3 N–H and O–H groups in total. The van der Waals surface area contributed by atoms with Gasteiger partial charge in [0.1, 0.15) is 12.2 Å². The first-order valence-electron chi connectivity index (χ1n) is 7.39. The largest absolute Gasteiger partial charge is 0.394 e. The van der Waals surface area contributed by atoms with Crippen molar-refractivity contribution >= 4 is 0 Å². The van der Waals surface area contributed by atoms with E-state index in [1.807, 2.05) is 44.2 Å². The van der Waals surface area contributed by atoms with Gasteiger partial charge in [-0.25, -0.2) is 0 Å². The molecule has 6 atom stereocenters. The van der Waals surface area contributed by atoms with Crippen LogP contribution in [0.15, 0.2) is 30.3 Å². The molecule has 5 nitrogen and oxygen atoms in total. The van der Waals surface area contributed by atoms with Crippen molar-refractivity contribution in [2.75, 3.05) is 13.2 Å². The predicted octanol–water partition coefficient (Wildman–Crippen LogP) is 0.882. The summed E-state index contributed by atoms with van der Waals surface area (Å²) >= 11 is 0. The first-order valence-corrected chi connectivity index (χ1v) is 7.39. The van der Waals surface area contributed by atoms with E-state index in [1.165, 1.54) is 0 Å². The highest BCUT2D eigenvalue weighted by atomic mass is 16.7. The van der Waals surface area contributed by atoms with Gasteiger partial charge in [-0.2, -0.15) is 0 Å². The van der Waals surface area contributed by atoms with E-state index in [2.05, 4.69) is 0 Å². The zero-order chi connectivity index (χ0) is 15.4. The van der Waals surface area contributed by atoms with Gasteiger partial charge >= 0.3 is 0 Å². The summed E-state index contributed by atoms with van der Waals surface area (Å²) in [5.74, 6) is -0.447. The molecule has 1 aromatic carbocycles. The van der Waals surface area contributed by atoms with Crippen molar-refractivity contribution in [2.24, 2.45) is 5.92 Å². The molecule has 0 bridgehead atoms. The first-order chi connectivity index (χ1) is 10.1. The molecule has 1 fully saturated rings. The summed E-state index contributed by atoms with van der Waals surface area (Å²) in [6.45, 7) is 3.90. The topological polar surface area (TPSA) is 79.2 Å². The number of ether oxygens (including phenoxy) is 2. The smallest absolute Gasteiger partial charge is 0.164 e. The summed E-state index contributed by atoms with van der Waals surface area (Å²) in [4.78, 5) is 0. The van der Waals surface area contributed by atoms with E-state index in [1.54, 1.807) is 0 Å². The number of benzene rings is 1. The van der Waals surface area contributed by atoms with Gasteiger partial charge in [0.25, 0.3) is 0 Å². The average molecular weight is 296 g/mol. The molecule has 0 saturated carbocycles. The minimum absolute atomic E-state index is 0.0490. The second kappa shape index (κ2) is 7.33. The summed E-state index contributed by atoms with van der Waals surface area (Å²) in [5.41, 5.74) is 1.05. The molecule has 1 heterocycles. The van der Waals surface area contributed by atoms with Gasteiger partial charge in [0, 0.05) is 12.5 Å². The fourth-order valence-corrected chi connectivity index (χ4v) is 2.93. The minimum atomic E-state index is -1.12. The van der Waals surface area contributed by atoms with Crippen molar-refractivity contribution in [1.29, 1.82) is 0 Å². The van der Waals surface area contributed by atoms with Crippen molar-refractivity contribution in [3.05, 3.63) is 35.9 Å². The van der Waals surface area contributed by atoms with Crippen LogP contribution in [0.4, 0.5) is 0 Å². The summed E-state index contributed by atoms with van der Waals surface area (Å²) in [7, 11) is 0. The van der Waals surface area contributed by atoms with Crippen molar-refractivity contribution in [1.82, 2.24) is 0 Å². The number of aliphatic hydroxyl groups excluding tert-OH is 3. The molecule has 1 aliphatic heterocycles. The van der Waals surface area contributed by atoms with Crippen LogP contribution < -0.4 is 0 Å². The third-order valence-electron chi connectivity index (χ3n) is 4.16. The Morgan fingerprint density at radius 3 is 2.43 bits per heavy atom. The van der Waals surface area contributed by atoms with Crippen molar-refractivity contribution in [3.8, 4) is 0 Å². The maximum absolute atomic E-state index is 10.4. The standard InChI is InChI=1S/C16H24O5/c1-3-20-16-13(10(2)11-7-5-4-6-8-11)15(19)14(18)12(9-17)21-16/h4-8,10,12-19H,3,9H2,1-2H3/t10-,12-,13+,14-,15+,16+/m1/s1. The quantitative estimate of drug-likeness (QED) is 0.752. The molecule has 1 saturated heterocycles. The fraction of sp³-hybridized carbons (Fsp3) is 0.625. The van der Waals surface area contributed by atoms with Gasteiger partial charge in [0.2, 0.25) is 0 Å². The van der Waals surface area contributed by atoms with E-state index >= 15 is 0 Å². The molecule has 0 aliphatic carbocycles. The molecule has 0 unspecified atom stereocenters. The molecule has 2 rings (SSSR count). The lowest BCUT2D eigenvalue weighted by molar-refractivity contribution is -0.287. The van der Waals surface area contributed by atoms with Crippen LogP contribution in [0.5, 0.6) is 0 Å². The van der Waals surface area contributed by atoms with E-state index in [-0.39, 0.29) is 12.5 Å².